The summed E-state index contributed by atoms with van der Waals surface area (Å²) in [5.74, 6) is 0.745. The van der Waals surface area contributed by atoms with Gasteiger partial charge >= 0.3 is 0 Å². The number of rotatable bonds is 1. The van der Waals surface area contributed by atoms with Crippen molar-refractivity contribution in [1.82, 2.24) is 9.97 Å². The Labute approximate surface area is 114 Å². The fourth-order valence-electron chi connectivity index (χ4n) is 1.80. The molecule has 1 heterocycles. The summed E-state index contributed by atoms with van der Waals surface area (Å²) in [6.07, 6.45) is 0. The quantitative estimate of drug-likeness (QED) is 0.658. The van der Waals surface area contributed by atoms with E-state index in [0.29, 0.717) is 15.7 Å². The molecule has 0 unspecified atom stereocenters. The molecule has 0 radical (unpaired) electrons. The van der Waals surface area contributed by atoms with Gasteiger partial charge in [0.1, 0.15) is 5.82 Å². The number of hydrogen-bond acceptors (Lipinski definition) is 2. The Hall–Kier alpha value is -1.71. The van der Waals surface area contributed by atoms with Crippen molar-refractivity contribution < 1.29 is 0 Å². The topological polar surface area (TPSA) is 54.7 Å². The Morgan fingerprint density at radius 3 is 2.61 bits per heavy atom. The molecule has 0 aliphatic carbocycles. The zero-order valence-corrected chi connectivity index (χ0v) is 10.8. The van der Waals surface area contributed by atoms with Gasteiger partial charge in [0.15, 0.2) is 0 Å². The lowest BCUT2D eigenvalue weighted by molar-refractivity contribution is 1.34. The molecule has 0 aliphatic rings. The van der Waals surface area contributed by atoms with Crippen LogP contribution in [0.3, 0.4) is 0 Å². The fraction of sp³-hybridized carbons (Fsp3) is 0. The van der Waals surface area contributed by atoms with Gasteiger partial charge in [0.2, 0.25) is 0 Å². The molecule has 3 N–H and O–H groups in total. The van der Waals surface area contributed by atoms with Gasteiger partial charge in [-0.3, -0.25) is 0 Å². The average molecular weight is 278 g/mol. The highest BCUT2D eigenvalue weighted by Crippen LogP contribution is 2.28. The second-order valence-corrected chi connectivity index (χ2v) is 4.81. The molecule has 0 bridgehead atoms. The molecular weight excluding hydrogens is 269 g/mol. The first kappa shape index (κ1) is 11.4. The minimum atomic E-state index is 0.508. The van der Waals surface area contributed by atoms with Crippen LogP contribution < -0.4 is 5.73 Å². The van der Waals surface area contributed by atoms with E-state index in [0.717, 1.165) is 22.4 Å². The second kappa shape index (κ2) is 4.19. The van der Waals surface area contributed by atoms with Gasteiger partial charge in [0.05, 0.1) is 21.1 Å². The normalized spacial score (nSPS) is 11.0. The Kier molecular flexibility index (Phi) is 2.65. The Bertz CT molecular complexity index is 734. The highest BCUT2D eigenvalue weighted by molar-refractivity contribution is 6.42. The Morgan fingerprint density at radius 1 is 1.00 bits per heavy atom. The minimum absolute atomic E-state index is 0.508. The molecule has 0 spiro atoms. The van der Waals surface area contributed by atoms with Crippen LogP contribution in [0.25, 0.3) is 22.4 Å². The van der Waals surface area contributed by atoms with E-state index < -0.39 is 0 Å². The number of aromatic nitrogens is 2. The molecule has 3 nitrogen and oxygen atoms in total. The zero-order chi connectivity index (χ0) is 12.7. The Morgan fingerprint density at radius 2 is 1.83 bits per heavy atom. The number of anilines is 1. The zero-order valence-electron chi connectivity index (χ0n) is 9.24. The number of H-pyrrole nitrogens is 1. The first-order chi connectivity index (χ1) is 8.63. The maximum absolute atomic E-state index is 5.99. The summed E-state index contributed by atoms with van der Waals surface area (Å²) in [7, 11) is 0. The molecule has 90 valence electrons. The molecule has 0 atom stereocenters. The summed E-state index contributed by atoms with van der Waals surface area (Å²) in [6.45, 7) is 0. The number of nitrogen functional groups attached to an aromatic ring is 1. The van der Waals surface area contributed by atoms with Crippen LogP contribution in [-0.4, -0.2) is 9.97 Å². The average Bonchev–Trinajstić information content (AvgIpc) is 2.75. The van der Waals surface area contributed by atoms with Crippen molar-refractivity contribution in [3.05, 3.63) is 46.4 Å². The van der Waals surface area contributed by atoms with Crippen LogP contribution in [0.5, 0.6) is 0 Å². The summed E-state index contributed by atoms with van der Waals surface area (Å²) in [6, 6.07) is 11.0. The molecule has 3 rings (SSSR count). The van der Waals surface area contributed by atoms with Gasteiger partial charge in [0, 0.05) is 11.3 Å². The van der Waals surface area contributed by atoms with Crippen LogP contribution in [0.2, 0.25) is 10.0 Å². The van der Waals surface area contributed by atoms with Gasteiger partial charge < -0.3 is 10.7 Å². The number of aromatic amines is 1. The number of imidazole rings is 1. The molecule has 0 saturated carbocycles. The van der Waals surface area contributed by atoms with E-state index in [9.17, 15) is 0 Å². The largest absolute Gasteiger partial charge is 0.399 e. The lowest BCUT2D eigenvalue weighted by atomic mass is 10.2. The molecule has 18 heavy (non-hydrogen) atoms. The van der Waals surface area contributed by atoms with E-state index in [1.165, 1.54) is 0 Å². The van der Waals surface area contributed by atoms with Crippen molar-refractivity contribution >= 4 is 39.9 Å². The maximum Gasteiger partial charge on any atom is 0.138 e. The van der Waals surface area contributed by atoms with E-state index in [-0.39, 0.29) is 0 Å². The molecule has 3 aromatic rings. The predicted octanol–water partition coefficient (Wildman–Crippen LogP) is 4.12. The summed E-state index contributed by atoms with van der Waals surface area (Å²) in [5, 5.41) is 1.04. The van der Waals surface area contributed by atoms with E-state index in [2.05, 4.69) is 9.97 Å². The van der Waals surface area contributed by atoms with Crippen molar-refractivity contribution in [2.24, 2.45) is 0 Å². The maximum atomic E-state index is 5.99. The van der Waals surface area contributed by atoms with Gasteiger partial charge in [0.25, 0.3) is 0 Å². The lowest BCUT2D eigenvalue weighted by Gasteiger charge is -1.99. The Balaban J connectivity index is 2.16. The fourth-order valence-corrected chi connectivity index (χ4v) is 2.10. The number of hydrogen-bond donors (Lipinski definition) is 2. The van der Waals surface area contributed by atoms with Crippen molar-refractivity contribution in [3.8, 4) is 11.4 Å². The second-order valence-electron chi connectivity index (χ2n) is 3.99. The highest BCUT2D eigenvalue weighted by atomic mass is 35.5. The highest BCUT2D eigenvalue weighted by Gasteiger charge is 2.07. The third-order valence-electron chi connectivity index (χ3n) is 2.70. The summed E-state index contributed by atoms with van der Waals surface area (Å²) < 4.78 is 0. The number of nitrogens with one attached hydrogen (secondary N) is 1. The number of fused-ring (bicyclic) bond motifs is 1. The summed E-state index contributed by atoms with van der Waals surface area (Å²) >= 11 is 11.9. The van der Waals surface area contributed by atoms with Crippen LogP contribution in [0.1, 0.15) is 0 Å². The molecule has 0 saturated heterocycles. The minimum Gasteiger partial charge on any atom is -0.399 e. The van der Waals surface area contributed by atoms with Crippen molar-refractivity contribution in [2.45, 2.75) is 0 Å². The van der Waals surface area contributed by atoms with Crippen molar-refractivity contribution in [2.75, 3.05) is 5.73 Å². The van der Waals surface area contributed by atoms with Crippen LogP contribution >= 0.6 is 23.2 Å². The standard InChI is InChI=1S/C13H9Cl2N3/c14-9-3-1-7(5-10(9)15)13-17-11-4-2-8(16)6-12(11)18-13/h1-6H,16H2,(H,17,18). The molecule has 2 aromatic carbocycles. The van der Waals surface area contributed by atoms with E-state index >= 15 is 0 Å². The third-order valence-corrected chi connectivity index (χ3v) is 3.44. The van der Waals surface area contributed by atoms with Gasteiger partial charge in [-0.25, -0.2) is 4.98 Å². The molecule has 0 aliphatic heterocycles. The number of halogens is 2. The van der Waals surface area contributed by atoms with Crippen LogP contribution in [0, 0.1) is 0 Å². The summed E-state index contributed by atoms with van der Waals surface area (Å²) in [4.78, 5) is 7.69. The smallest absolute Gasteiger partial charge is 0.138 e. The molecule has 5 heteroatoms. The van der Waals surface area contributed by atoms with E-state index in [4.69, 9.17) is 28.9 Å². The number of nitrogens with zero attached hydrogens (tertiary/aromatic N) is 1. The predicted molar refractivity (Wildman–Crippen MR) is 76.0 cm³/mol. The van der Waals surface area contributed by atoms with Gasteiger partial charge in [-0.2, -0.15) is 0 Å². The molecule has 0 fully saturated rings. The lowest BCUT2D eigenvalue weighted by Crippen LogP contribution is -1.82. The monoisotopic (exact) mass is 277 g/mol. The van der Waals surface area contributed by atoms with Crippen LogP contribution in [-0.2, 0) is 0 Å². The van der Waals surface area contributed by atoms with Gasteiger partial charge in [-0.05, 0) is 36.4 Å². The first-order valence-corrected chi connectivity index (χ1v) is 6.10. The number of nitrogens with two attached hydrogens (primary N) is 1. The van der Waals surface area contributed by atoms with E-state index in [1.807, 2.05) is 24.3 Å². The van der Waals surface area contributed by atoms with Crippen LogP contribution in [0.15, 0.2) is 36.4 Å². The van der Waals surface area contributed by atoms with Gasteiger partial charge in [-0.1, -0.05) is 23.2 Å². The SMILES string of the molecule is Nc1ccc2[nH]c(-c3ccc(Cl)c(Cl)c3)nc2c1. The molecular formula is C13H9Cl2N3. The van der Waals surface area contributed by atoms with Crippen molar-refractivity contribution in [1.29, 1.82) is 0 Å². The molecule has 1 aromatic heterocycles. The number of benzene rings is 2. The van der Waals surface area contributed by atoms with E-state index in [1.54, 1.807) is 12.1 Å². The summed E-state index contributed by atoms with van der Waals surface area (Å²) in [5.41, 5.74) is 9.07. The third kappa shape index (κ3) is 1.92. The van der Waals surface area contributed by atoms with Crippen molar-refractivity contribution in [3.63, 3.8) is 0 Å². The van der Waals surface area contributed by atoms with Gasteiger partial charge in [-0.15, -0.1) is 0 Å². The molecule has 0 amide bonds. The first-order valence-electron chi connectivity index (χ1n) is 5.34. The van der Waals surface area contributed by atoms with Crippen LogP contribution in [0.4, 0.5) is 5.69 Å².